The number of para-hydroxylation sites is 1. The molecule has 5 heteroatoms. The van der Waals surface area contributed by atoms with Crippen LogP contribution in [0.3, 0.4) is 0 Å². The van der Waals surface area contributed by atoms with Gasteiger partial charge in [0, 0.05) is 36.7 Å². The second-order valence-electron chi connectivity index (χ2n) is 7.33. The van der Waals surface area contributed by atoms with E-state index < -0.39 is 0 Å². The van der Waals surface area contributed by atoms with Crippen molar-refractivity contribution in [3.05, 3.63) is 41.5 Å². The number of aryl methyl sites for hydroxylation is 1. The third-order valence-corrected chi connectivity index (χ3v) is 5.15. The molecule has 0 unspecified atom stereocenters. The zero-order chi connectivity index (χ0) is 16.5. The lowest BCUT2D eigenvalue weighted by Crippen LogP contribution is -2.40. The second-order valence-corrected chi connectivity index (χ2v) is 7.33. The number of anilines is 1. The van der Waals surface area contributed by atoms with Crippen molar-refractivity contribution < 1.29 is 0 Å². The SMILES string of the molecule is CC(C)c1nc2n(n1)C[C@@H](N[C@@H]1CCCNc3ccccc31)CC2. The summed E-state index contributed by atoms with van der Waals surface area (Å²) < 4.78 is 2.12. The van der Waals surface area contributed by atoms with Crippen LogP contribution in [0, 0.1) is 0 Å². The number of nitrogens with one attached hydrogen (secondary N) is 2. The van der Waals surface area contributed by atoms with Crippen molar-refractivity contribution in [3.8, 4) is 0 Å². The minimum atomic E-state index is 0.398. The third-order valence-electron chi connectivity index (χ3n) is 5.15. The van der Waals surface area contributed by atoms with Gasteiger partial charge < -0.3 is 10.6 Å². The molecule has 0 saturated heterocycles. The molecule has 1 aromatic heterocycles. The van der Waals surface area contributed by atoms with E-state index in [-0.39, 0.29) is 0 Å². The summed E-state index contributed by atoms with van der Waals surface area (Å²) in [4.78, 5) is 4.70. The molecule has 128 valence electrons. The first-order chi connectivity index (χ1) is 11.7. The zero-order valence-electron chi connectivity index (χ0n) is 14.6. The summed E-state index contributed by atoms with van der Waals surface area (Å²) in [5.74, 6) is 2.53. The van der Waals surface area contributed by atoms with Crippen molar-refractivity contribution in [3.63, 3.8) is 0 Å². The van der Waals surface area contributed by atoms with Gasteiger partial charge in [-0.05, 0) is 30.9 Å². The van der Waals surface area contributed by atoms with E-state index in [9.17, 15) is 0 Å². The van der Waals surface area contributed by atoms with E-state index >= 15 is 0 Å². The maximum Gasteiger partial charge on any atom is 0.153 e. The maximum atomic E-state index is 4.71. The molecule has 1 aromatic carbocycles. The molecule has 24 heavy (non-hydrogen) atoms. The highest BCUT2D eigenvalue weighted by atomic mass is 15.4. The Morgan fingerprint density at radius 2 is 2.12 bits per heavy atom. The Bertz CT molecular complexity index is 706. The smallest absolute Gasteiger partial charge is 0.153 e. The summed E-state index contributed by atoms with van der Waals surface area (Å²) in [7, 11) is 0. The first-order valence-corrected chi connectivity index (χ1v) is 9.23. The molecule has 0 amide bonds. The van der Waals surface area contributed by atoms with E-state index in [2.05, 4.69) is 53.4 Å². The van der Waals surface area contributed by atoms with Gasteiger partial charge in [0.1, 0.15) is 5.82 Å². The molecule has 2 aliphatic heterocycles. The predicted molar refractivity (Wildman–Crippen MR) is 96.3 cm³/mol. The maximum absolute atomic E-state index is 4.71. The number of aromatic nitrogens is 3. The molecule has 2 N–H and O–H groups in total. The van der Waals surface area contributed by atoms with E-state index in [4.69, 9.17) is 10.1 Å². The van der Waals surface area contributed by atoms with Crippen molar-refractivity contribution in [2.24, 2.45) is 0 Å². The third kappa shape index (κ3) is 3.05. The number of hydrogen-bond donors (Lipinski definition) is 2. The van der Waals surface area contributed by atoms with E-state index in [0.29, 0.717) is 18.0 Å². The Morgan fingerprint density at radius 3 is 3.00 bits per heavy atom. The molecule has 0 fully saturated rings. The molecule has 0 aliphatic carbocycles. The van der Waals surface area contributed by atoms with Gasteiger partial charge in [0.05, 0.1) is 6.54 Å². The lowest BCUT2D eigenvalue weighted by atomic mass is 9.99. The van der Waals surface area contributed by atoms with Gasteiger partial charge in [-0.2, -0.15) is 5.10 Å². The molecular formula is C19H27N5. The molecule has 5 nitrogen and oxygen atoms in total. The molecule has 2 atom stereocenters. The fourth-order valence-electron chi connectivity index (χ4n) is 3.81. The van der Waals surface area contributed by atoms with Crippen LogP contribution in [0.5, 0.6) is 0 Å². The lowest BCUT2D eigenvalue weighted by Gasteiger charge is -2.29. The number of nitrogens with zero attached hydrogens (tertiary/aromatic N) is 3. The lowest BCUT2D eigenvalue weighted by molar-refractivity contribution is 0.319. The van der Waals surface area contributed by atoms with Crippen LogP contribution < -0.4 is 10.6 Å². The fraction of sp³-hybridized carbons (Fsp3) is 0.579. The van der Waals surface area contributed by atoms with Crippen molar-refractivity contribution in [2.75, 3.05) is 11.9 Å². The van der Waals surface area contributed by atoms with Gasteiger partial charge >= 0.3 is 0 Å². The first-order valence-electron chi connectivity index (χ1n) is 9.23. The standard InChI is InChI=1S/C19H27N5/c1-13(2)19-22-18-10-9-14(12-24(18)23-19)21-17-8-5-11-20-16-7-4-3-6-15(16)17/h3-4,6-7,13-14,17,20-21H,5,8-12H2,1-2H3/t14-,17+/m0/s1. The molecule has 0 radical (unpaired) electrons. The Hall–Kier alpha value is -1.88. The highest BCUT2D eigenvalue weighted by Crippen LogP contribution is 2.30. The fourth-order valence-corrected chi connectivity index (χ4v) is 3.81. The number of hydrogen-bond acceptors (Lipinski definition) is 4. The number of rotatable bonds is 3. The van der Waals surface area contributed by atoms with E-state index in [0.717, 1.165) is 37.6 Å². The Balaban J connectivity index is 1.50. The average Bonchev–Trinajstić information content (AvgIpc) is 2.91. The van der Waals surface area contributed by atoms with Crippen LogP contribution in [0.4, 0.5) is 5.69 Å². The van der Waals surface area contributed by atoms with Gasteiger partial charge in [-0.1, -0.05) is 32.0 Å². The van der Waals surface area contributed by atoms with Crippen LogP contribution in [-0.2, 0) is 13.0 Å². The average molecular weight is 325 g/mol. The number of benzene rings is 1. The number of fused-ring (bicyclic) bond motifs is 2. The minimum absolute atomic E-state index is 0.398. The van der Waals surface area contributed by atoms with Crippen LogP contribution in [0.15, 0.2) is 24.3 Å². The molecule has 0 saturated carbocycles. The molecule has 4 rings (SSSR count). The second kappa shape index (κ2) is 6.55. The summed E-state index contributed by atoms with van der Waals surface area (Å²) in [6.45, 7) is 6.31. The van der Waals surface area contributed by atoms with Crippen molar-refractivity contribution in [2.45, 2.75) is 64.1 Å². The monoisotopic (exact) mass is 325 g/mol. The summed E-state index contributed by atoms with van der Waals surface area (Å²) in [5.41, 5.74) is 2.69. The van der Waals surface area contributed by atoms with E-state index in [1.54, 1.807) is 0 Å². The normalized spacial score (nSPS) is 23.3. The molecule has 3 heterocycles. The van der Waals surface area contributed by atoms with Gasteiger partial charge in [0.25, 0.3) is 0 Å². The Kier molecular flexibility index (Phi) is 4.27. The van der Waals surface area contributed by atoms with Gasteiger partial charge in [0.15, 0.2) is 5.82 Å². The predicted octanol–water partition coefficient (Wildman–Crippen LogP) is 3.25. The Morgan fingerprint density at radius 1 is 1.25 bits per heavy atom. The summed E-state index contributed by atoms with van der Waals surface area (Å²) in [6, 6.07) is 9.61. The quantitative estimate of drug-likeness (QED) is 0.909. The van der Waals surface area contributed by atoms with Crippen LogP contribution >= 0.6 is 0 Å². The summed E-state index contributed by atoms with van der Waals surface area (Å²) >= 11 is 0. The minimum Gasteiger partial charge on any atom is -0.385 e. The molecule has 2 aromatic rings. The Labute approximate surface area is 143 Å². The van der Waals surface area contributed by atoms with Crippen LogP contribution in [-0.4, -0.2) is 27.4 Å². The molecule has 0 bridgehead atoms. The van der Waals surface area contributed by atoms with Crippen molar-refractivity contribution in [1.82, 2.24) is 20.1 Å². The topological polar surface area (TPSA) is 54.8 Å². The largest absolute Gasteiger partial charge is 0.385 e. The first kappa shape index (κ1) is 15.6. The summed E-state index contributed by atoms with van der Waals surface area (Å²) in [6.07, 6.45) is 4.54. The summed E-state index contributed by atoms with van der Waals surface area (Å²) in [5, 5.41) is 12.2. The zero-order valence-corrected chi connectivity index (χ0v) is 14.6. The van der Waals surface area contributed by atoms with Crippen LogP contribution in [0.2, 0.25) is 0 Å². The molecular weight excluding hydrogens is 298 g/mol. The van der Waals surface area contributed by atoms with E-state index in [1.165, 1.54) is 24.1 Å². The van der Waals surface area contributed by atoms with Crippen LogP contribution in [0.25, 0.3) is 0 Å². The van der Waals surface area contributed by atoms with Crippen molar-refractivity contribution in [1.29, 1.82) is 0 Å². The van der Waals surface area contributed by atoms with Gasteiger partial charge in [-0.3, -0.25) is 0 Å². The van der Waals surface area contributed by atoms with Crippen molar-refractivity contribution >= 4 is 5.69 Å². The van der Waals surface area contributed by atoms with Gasteiger partial charge in [0.2, 0.25) is 0 Å². The molecule has 0 spiro atoms. The van der Waals surface area contributed by atoms with Gasteiger partial charge in [-0.25, -0.2) is 9.67 Å². The van der Waals surface area contributed by atoms with Gasteiger partial charge in [-0.15, -0.1) is 0 Å². The highest BCUT2D eigenvalue weighted by molar-refractivity contribution is 5.53. The highest BCUT2D eigenvalue weighted by Gasteiger charge is 2.26. The van der Waals surface area contributed by atoms with E-state index in [1.807, 2.05) is 0 Å². The van der Waals surface area contributed by atoms with Crippen LogP contribution in [0.1, 0.15) is 62.3 Å². The molecule has 2 aliphatic rings.